The maximum Gasteiger partial charge on any atom is 0.227 e. The third-order valence-electron chi connectivity index (χ3n) is 3.66. The van der Waals surface area contributed by atoms with E-state index in [9.17, 15) is 0 Å². The average molecular weight is 320 g/mol. The van der Waals surface area contributed by atoms with Crippen LogP contribution in [0.4, 0.5) is 17.3 Å². The Hall–Kier alpha value is -3.08. The molecule has 5 nitrogen and oxygen atoms in total. The molecule has 0 spiro atoms. The largest absolute Gasteiger partial charge is 0.495 e. The van der Waals surface area contributed by atoms with E-state index < -0.39 is 0 Å². The van der Waals surface area contributed by atoms with E-state index in [2.05, 4.69) is 47.3 Å². The van der Waals surface area contributed by atoms with E-state index in [0.717, 1.165) is 16.9 Å². The molecule has 5 heteroatoms. The first kappa shape index (κ1) is 15.8. The number of benzene rings is 2. The van der Waals surface area contributed by atoms with Gasteiger partial charge in [-0.3, -0.25) is 0 Å². The molecule has 3 rings (SSSR count). The zero-order valence-electron chi connectivity index (χ0n) is 14.0. The van der Waals surface area contributed by atoms with Crippen LogP contribution in [0.2, 0.25) is 0 Å². The SMILES string of the molecule is COc1ccc(-c2ccnc(Nc3cc(C)cc(C)c3)n2)cc1N. The first-order chi connectivity index (χ1) is 11.5. The van der Waals surface area contributed by atoms with E-state index in [1.165, 1.54) is 11.1 Å². The van der Waals surface area contributed by atoms with Gasteiger partial charge in [-0.1, -0.05) is 6.07 Å². The Morgan fingerprint density at radius 1 is 1.00 bits per heavy atom. The smallest absolute Gasteiger partial charge is 0.227 e. The molecule has 2 aromatic carbocycles. The maximum atomic E-state index is 5.98. The third-order valence-corrected chi connectivity index (χ3v) is 3.66. The molecular weight excluding hydrogens is 300 g/mol. The third kappa shape index (κ3) is 3.46. The molecule has 3 aromatic rings. The number of anilines is 3. The second kappa shape index (κ2) is 6.58. The number of nitrogens with two attached hydrogens (primary N) is 1. The van der Waals surface area contributed by atoms with E-state index in [1.807, 2.05) is 24.3 Å². The molecule has 0 aliphatic carbocycles. The van der Waals surface area contributed by atoms with Crippen molar-refractivity contribution in [1.82, 2.24) is 9.97 Å². The summed E-state index contributed by atoms with van der Waals surface area (Å²) >= 11 is 0. The highest BCUT2D eigenvalue weighted by molar-refractivity contribution is 5.69. The van der Waals surface area contributed by atoms with Gasteiger partial charge in [0, 0.05) is 17.4 Å². The van der Waals surface area contributed by atoms with E-state index >= 15 is 0 Å². The van der Waals surface area contributed by atoms with Crippen LogP contribution in [0.1, 0.15) is 11.1 Å². The van der Waals surface area contributed by atoms with Crippen molar-refractivity contribution in [3.05, 3.63) is 59.8 Å². The van der Waals surface area contributed by atoms with Crippen molar-refractivity contribution in [3.63, 3.8) is 0 Å². The van der Waals surface area contributed by atoms with Crippen molar-refractivity contribution in [2.75, 3.05) is 18.2 Å². The molecule has 0 bridgehead atoms. The minimum Gasteiger partial charge on any atom is -0.495 e. The molecule has 0 atom stereocenters. The Kier molecular flexibility index (Phi) is 4.33. The average Bonchev–Trinajstić information content (AvgIpc) is 2.54. The lowest BCUT2D eigenvalue weighted by atomic mass is 10.1. The number of methoxy groups -OCH3 is 1. The molecule has 3 N–H and O–H groups in total. The van der Waals surface area contributed by atoms with Gasteiger partial charge in [0.05, 0.1) is 18.5 Å². The molecule has 122 valence electrons. The van der Waals surface area contributed by atoms with E-state index in [1.54, 1.807) is 13.3 Å². The molecule has 0 saturated heterocycles. The highest BCUT2D eigenvalue weighted by Crippen LogP contribution is 2.28. The van der Waals surface area contributed by atoms with Gasteiger partial charge in [0.25, 0.3) is 0 Å². The Morgan fingerprint density at radius 3 is 2.42 bits per heavy atom. The molecular formula is C19H20N4O. The minimum atomic E-state index is 0.548. The summed E-state index contributed by atoms with van der Waals surface area (Å²) < 4.78 is 5.19. The lowest BCUT2D eigenvalue weighted by Crippen LogP contribution is -1.99. The van der Waals surface area contributed by atoms with Gasteiger partial charge < -0.3 is 15.8 Å². The molecule has 0 amide bonds. The second-order valence-electron chi connectivity index (χ2n) is 5.72. The molecule has 1 heterocycles. The van der Waals surface area contributed by atoms with Gasteiger partial charge in [0.15, 0.2) is 0 Å². The van der Waals surface area contributed by atoms with Gasteiger partial charge in [-0.15, -0.1) is 0 Å². The molecule has 0 radical (unpaired) electrons. The Labute approximate surface area is 141 Å². The van der Waals surface area contributed by atoms with Crippen molar-refractivity contribution in [2.24, 2.45) is 0 Å². The van der Waals surface area contributed by atoms with Gasteiger partial charge in [0.1, 0.15) is 5.75 Å². The van der Waals surface area contributed by atoms with Crippen LogP contribution >= 0.6 is 0 Å². The van der Waals surface area contributed by atoms with Crippen LogP contribution in [0.25, 0.3) is 11.3 Å². The van der Waals surface area contributed by atoms with E-state index in [4.69, 9.17) is 10.5 Å². The van der Waals surface area contributed by atoms with Crippen LogP contribution in [0.3, 0.4) is 0 Å². The number of hydrogen-bond acceptors (Lipinski definition) is 5. The number of aryl methyl sites for hydroxylation is 2. The predicted octanol–water partition coefficient (Wildman–Crippen LogP) is 4.09. The van der Waals surface area contributed by atoms with Gasteiger partial charge in [0.2, 0.25) is 5.95 Å². The predicted molar refractivity (Wildman–Crippen MR) is 97.6 cm³/mol. The van der Waals surface area contributed by atoms with Crippen molar-refractivity contribution >= 4 is 17.3 Å². The van der Waals surface area contributed by atoms with Gasteiger partial charge in [-0.2, -0.15) is 0 Å². The Balaban J connectivity index is 1.90. The normalized spacial score (nSPS) is 10.5. The van der Waals surface area contributed by atoms with Crippen LogP contribution < -0.4 is 15.8 Å². The van der Waals surface area contributed by atoms with Crippen molar-refractivity contribution in [1.29, 1.82) is 0 Å². The zero-order chi connectivity index (χ0) is 17.1. The van der Waals surface area contributed by atoms with Crippen LogP contribution in [0.15, 0.2) is 48.7 Å². The highest BCUT2D eigenvalue weighted by atomic mass is 16.5. The number of rotatable bonds is 4. The van der Waals surface area contributed by atoms with Crippen molar-refractivity contribution in [2.45, 2.75) is 13.8 Å². The fraction of sp³-hybridized carbons (Fsp3) is 0.158. The summed E-state index contributed by atoms with van der Waals surface area (Å²) in [6.07, 6.45) is 1.73. The number of hydrogen-bond donors (Lipinski definition) is 2. The molecule has 0 aliphatic rings. The number of nitrogens with zero attached hydrogens (tertiary/aromatic N) is 2. The second-order valence-corrected chi connectivity index (χ2v) is 5.72. The molecule has 0 fully saturated rings. The van der Waals surface area contributed by atoms with Gasteiger partial charge in [-0.25, -0.2) is 9.97 Å². The first-order valence-corrected chi connectivity index (χ1v) is 7.67. The summed E-state index contributed by atoms with van der Waals surface area (Å²) in [5.41, 5.74) is 11.6. The van der Waals surface area contributed by atoms with Crippen LogP contribution in [-0.2, 0) is 0 Å². The first-order valence-electron chi connectivity index (χ1n) is 7.67. The lowest BCUT2D eigenvalue weighted by Gasteiger charge is -2.10. The standard InChI is InChI=1S/C19H20N4O/c1-12-8-13(2)10-15(9-12)22-19-21-7-6-17(23-19)14-4-5-18(24-3)16(20)11-14/h4-11H,20H2,1-3H3,(H,21,22,23). The van der Waals surface area contributed by atoms with Gasteiger partial charge >= 0.3 is 0 Å². The highest BCUT2D eigenvalue weighted by Gasteiger charge is 2.06. The number of ether oxygens (including phenoxy) is 1. The maximum absolute atomic E-state index is 5.98. The lowest BCUT2D eigenvalue weighted by molar-refractivity contribution is 0.417. The monoisotopic (exact) mass is 320 g/mol. The Morgan fingerprint density at radius 2 is 1.75 bits per heavy atom. The molecule has 0 saturated carbocycles. The number of nitrogens with one attached hydrogen (secondary N) is 1. The molecule has 24 heavy (non-hydrogen) atoms. The fourth-order valence-corrected chi connectivity index (χ4v) is 2.65. The fourth-order valence-electron chi connectivity index (χ4n) is 2.65. The van der Waals surface area contributed by atoms with Crippen LogP contribution in [0.5, 0.6) is 5.75 Å². The van der Waals surface area contributed by atoms with Crippen molar-refractivity contribution < 1.29 is 4.74 Å². The molecule has 1 aromatic heterocycles. The van der Waals surface area contributed by atoms with E-state index in [-0.39, 0.29) is 0 Å². The topological polar surface area (TPSA) is 73.1 Å². The number of aromatic nitrogens is 2. The summed E-state index contributed by atoms with van der Waals surface area (Å²) in [6, 6.07) is 13.7. The van der Waals surface area contributed by atoms with Gasteiger partial charge in [-0.05, 0) is 61.4 Å². The van der Waals surface area contributed by atoms with Crippen LogP contribution in [-0.4, -0.2) is 17.1 Å². The Bertz CT molecular complexity index is 857. The summed E-state index contributed by atoms with van der Waals surface area (Å²) in [5.74, 6) is 1.20. The zero-order valence-corrected chi connectivity index (χ0v) is 14.0. The molecule has 0 aliphatic heterocycles. The summed E-state index contributed by atoms with van der Waals surface area (Å²) in [6.45, 7) is 4.13. The van der Waals surface area contributed by atoms with E-state index in [0.29, 0.717) is 17.4 Å². The minimum absolute atomic E-state index is 0.548. The van der Waals surface area contributed by atoms with Crippen LogP contribution in [0, 0.1) is 13.8 Å². The number of nitrogen functional groups attached to an aromatic ring is 1. The quantitative estimate of drug-likeness (QED) is 0.708. The molecule has 0 unspecified atom stereocenters. The summed E-state index contributed by atoms with van der Waals surface area (Å²) in [5, 5.41) is 3.25. The summed E-state index contributed by atoms with van der Waals surface area (Å²) in [4.78, 5) is 8.87. The van der Waals surface area contributed by atoms with Crippen molar-refractivity contribution in [3.8, 4) is 17.0 Å². The summed E-state index contributed by atoms with van der Waals surface area (Å²) in [7, 11) is 1.60.